The van der Waals surface area contributed by atoms with E-state index >= 15 is 0 Å². The Morgan fingerprint density at radius 1 is 1.35 bits per heavy atom. The number of benzene rings is 1. The highest BCUT2D eigenvalue weighted by atomic mass is 32.2. The Balaban J connectivity index is 1.99. The van der Waals surface area contributed by atoms with E-state index in [2.05, 4.69) is 4.98 Å². The summed E-state index contributed by atoms with van der Waals surface area (Å²) in [4.78, 5) is 14.7. The third-order valence-electron chi connectivity index (χ3n) is 2.12. The van der Waals surface area contributed by atoms with Gasteiger partial charge in [-0.25, -0.2) is 4.98 Å². The minimum absolute atomic E-state index is 0.313. The summed E-state index contributed by atoms with van der Waals surface area (Å²) in [5, 5.41) is 0.560. The summed E-state index contributed by atoms with van der Waals surface area (Å²) >= 11 is 1.39. The first-order valence-electron chi connectivity index (χ1n) is 5.18. The topological polar surface area (TPSA) is 69.1 Å². The van der Waals surface area contributed by atoms with E-state index in [1.165, 1.54) is 11.8 Å². The molecule has 1 heterocycles. The van der Waals surface area contributed by atoms with Crippen molar-refractivity contribution >= 4 is 17.7 Å². The SMILES string of the molecule is NC(=O)CCSc1ncc(-c2ccccc2)o1. The predicted molar refractivity (Wildman–Crippen MR) is 66.5 cm³/mol. The molecule has 0 saturated heterocycles. The summed E-state index contributed by atoms with van der Waals surface area (Å²) in [6, 6.07) is 9.74. The smallest absolute Gasteiger partial charge is 0.256 e. The van der Waals surface area contributed by atoms with Gasteiger partial charge in [-0.15, -0.1) is 0 Å². The number of thioether (sulfide) groups is 1. The van der Waals surface area contributed by atoms with Crippen LogP contribution in [0.1, 0.15) is 6.42 Å². The molecule has 0 fully saturated rings. The molecule has 5 heteroatoms. The van der Waals surface area contributed by atoms with Crippen LogP contribution in [-0.4, -0.2) is 16.6 Å². The van der Waals surface area contributed by atoms with Crippen LogP contribution >= 0.6 is 11.8 Å². The monoisotopic (exact) mass is 248 g/mol. The summed E-state index contributed by atoms with van der Waals surface area (Å²) in [5.74, 6) is 1.00. The van der Waals surface area contributed by atoms with Gasteiger partial charge in [0.25, 0.3) is 5.22 Å². The second-order valence-electron chi connectivity index (χ2n) is 3.42. The van der Waals surface area contributed by atoms with Crippen molar-refractivity contribution in [1.29, 1.82) is 0 Å². The van der Waals surface area contributed by atoms with E-state index in [1.54, 1.807) is 6.20 Å². The molecule has 0 aliphatic carbocycles. The molecule has 2 aromatic rings. The lowest BCUT2D eigenvalue weighted by Crippen LogP contribution is -2.10. The van der Waals surface area contributed by atoms with Gasteiger partial charge in [-0.05, 0) is 0 Å². The van der Waals surface area contributed by atoms with Gasteiger partial charge in [0, 0.05) is 17.7 Å². The van der Waals surface area contributed by atoms with E-state index in [-0.39, 0.29) is 5.91 Å². The standard InChI is InChI=1S/C12H12N2O2S/c13-11(15)6-7-17-12-14-8-10(16-12)9-4-2-1-3-5-9/h1-5,8H,6-7H2,(H2,13,15). The zero-order chi connectivity index (χ0) is 12.1. The van der Waals surface area contributed by atoms with Crippen molar-refractivity contribution < 1.29 is 9.21 Å². The molecular formula is C12H12N2O2S. The third kappa shape index (κ3) is 3.35. The Morgan fingerprint density at radius 3 is 2.82 bits per heavy atom. The fourth-order valence-electron chi connectivity index (χ4n) is 1.30. The van der Waals surface area contributed by atoms with Crippen LogP contribution in [0, 0.1) is 0 Å². The Bertz CT molecular complexity index is 496. The summed E-state index contributed by atoms with van der Waals surface area (Å²) in [7, 11) is 0. The first kappa shape index (κ1) is 11.7. The second-order valence-corrected chi connectivity index (χ2v) is 4.47. The molecule has 17 heavy (non-hydrogen) atoms. The molecule has 4 nitrogen and oxygen atoms in total. The molecule has 1 amide bonds. The van der Waals surface area contributed by atoms with E-state index in [4.69, 9.17) is 10.2 Å². The van der Waals surface area contributed by atoms with Crippen molar-refractivity contribution in [3.05, 3.63) is 36.5 Å². The van der Waals surface area contributed by atoms with Gasteiger partial charge in [0.2, 0.25) is 5.91 Å². The molecule has 88 valence electrons. The number of hydrogen-bond donors (Lipinski definition) is 1. The summed E-state index contributed by atoms with van der Waals surface area (Å²) in [6.45, 7) is 0. The maximum Gasteiger partial charge on any atom is 0.256 e. The molecule has 1 aromatic heterocycles. The average Bonchev–Trinajstić information content (AvgIpc) is 2.78. The maximum atomic E-state index is 10.6. The van der Waals surface area contributed by atoms with Crippen LogP contribution in [0.25, 0.3) is 11.3 Å². The van der Waals surface area contributed by atoms with Crippen LogP contribution < -0.4 is 5.73 Å². The number of carbonyl (C=O) groups excluding carboxylic acids is 1. The zero-order valence-corrected chi connectivity index (χ0v) is 9.94. The second kappa shape index (κ2) is 5.54. The van der Waals surface area contributed by atoms with E-state index in [0.29, 0.717) is 17.4 Å². The minimum Gasteiger partial charge on any atom is -0.431 e. The number of oxazole rings is 1. The highest BCUT2D eigenvalue weighted by molar-refractivity contribution is 7.99. The fraction of sp³-hybridized carbons (Fsp3) is 0.167. The highest BCUT2D eigenvalue weighted by Crippen LogP contribution is 2.25. The molecule has 0 spiro atoms. The van der Waals surface area contributed by atoms with Crippen molar-refractivity contribution in [2.75, 3.05) is 5.75 Å². The van der Waals surface area contributed by atoms with E-state index < -0.39 is 0 Å². The third-order valence-corrected chi connectivity index (χ3v) is 2.96. The van der Waals surface area contributed by atoms with Gasteiger partial charge in [-0.2, -0.15) is 0 Å². The van der Waals surface area contributed by atoms with Crippen molar-refractivity contribution in [2.45, 2.75) is 11.6 Å². The number of carbonyl (C=O) groups is 1. The molecule has 0 aliphatic heterocycles. The molecular weight excluding hydrogens is 236 g/mol. The Labute approximate surface area is 103 Å². The fourth-order valence-corrected chi connectivity index (χ4v) is 2.05. The summed E-state index contributed by atoms with van der Waals surface area (Å²) in [6.07, 6.45) is 2.01. The Morgan fingerprint density at radius 2 is 2.12 bits per heavy atom. The highest BCUT2D eigenvalue weighted by Gasteiger charge is 2.06. The lowest BCUT2D eigenvalue weighted by molar-refractivity contribution is -0.117. The van der Waals surface area contributed by atoms with E-state index in [1.807, 2.05) is 30.3 Å². The number of rotatable bonds is 5. The lowest BCUT2D eigenvalue weighted by atomic mass is 10.2. The number of primary amides is 1. The number of nitrogens with two attached hydrogens (primary N) is 1. The normalized spacial score (nSPS) is 10.4. The van der Waals surface area contributed by atoms with Crippen molar-refractivity contribution in [3.8, 4) is 11.3 Å². The number of aromatic nitrogens is 1. The average molecular weight is 248 g/mol. The number of nitrogens with zero attached hydrogens (tertiary/aromatic N) is 1. The van der Waals surface area contributed by atoms with Gasteiger partial charge in [0.1, 0.15) is 0 Å². The maximum absolute atomic E-state index is 10.6. The predicted octanol–water partition coefficient (Wildman–Crippen LogP) is 2.31. The van der Waals surface area contributed by atoms with Crippen molar-refractivity contribution in [2.24, 2.45) is 5.73 Å². The molecule has 0 aliphatic rings. The molecule has 2 N–H and O–H groups in total. The van der Waals surface area contributed by atoms with Gasteiger partial charge >= 0.3 is 0 Å². The largest absolute Gasteiger partial charge is 0.431 e. The molecule has 0 saturated carbocycles. The molecule has 0 unspecified atom stereocenters. The van der Waals surface area contributed by atoms with E-state index in [0.717, 1.165) is 11.3 Å². The van der Waals surface area contributed by atoms with Crippen molar-refractivity contribution in [1.82, 2.24) is 4.98 Å². The molecule has 0 bridgehead atoms. The molecule has 1 aromatic carbocycles. The van der Waals surface area contributed by atoms with Crippen molar-refractivity contribution in [3.63, 3.8) is 0 Å². The van der Waals surface area contributed by atoms with Gasteiger partial charge < -0.3 is 10.2 Å². The lowest BCUT2D eigenvalue weighted by Gasteiger charge is -1.95. The van der Waals surface area contributed by atoms with Crippen LogP contribution in [0.15, 0.2) is 46.2 Å². The first-order valence-corrected chi connectivity index (χ1v) is 6.16. The van der Waals surface area contributed by atoms with E-state index in [9.17, 15) is 4.79 Å². The molecule has 0 atom stereocenters. The van der Waals surface area contributed by atoms with Crippen LogP contribution in [-0.2, 0) is 4.79 Å². The number of hydrogen-bond acceptors (Lipinski definition) is 4. The first-order chi connectivity index (χ1) is 8.25. The summed E-state index contributed by atoms with van der Waals surface area (Å²) in [5.41, 5.74) is 6.04. The Hall–Kier alpha value is -1.75. The molecule has 0 radical (unpaired) electrons. The van der Waals surface area contributed by atoms with Crippen LogP contribution in [0.2, 0.25) is 0 Å². The minimum atomic E-state index is -0.313. The van der Waals surface area contributed by atoms with Crippen LogP contribution in [0.3, 0.4) is 0 Å². The number of amides is 1. The van der Waals surface area contributed by atoms with Crippen LogP contribution in [0.4, 0.5) is 0 Å². The van der Waals surface area contributed by atoms with Gasteiger partial charge in [0.15, 0.2) is 5.76 Å². The summed E-state index contributed by atoms with van der Waals surface area (Å²) < 4.78 is 5.55. The van der Waals surface area contributed by atoms with Crippen LogP contribution in [0.5, 0.6) is 0 Å². The quantitative estimate of drug-likeness (QED) is 0.824. The van der Waals surface area contributed by atoms with Gasteiger partial charge in [0.05, 0.1) is 6.20 Å². The molecule has 2 rings (SSSR count). The Kier molecular flexibility index (Phi) is 3.82. The van der Waals surface area contributed by atoms with Gasteiger partial charge in [-0.1, -0.05) is 42.1 Å². The van der Waals surface area contributed by atoms with Gasteiger partial charge in [-0.3, -0.25) is 4.79 Å². The zero-order valence-electron chi connectivity index (χ0n) is 9.13.